The van der Waals surface area contributed by atoms with Gasteiger partial charge < -0.3 is 0 Å². The van der Waals surface area contributed by atoms with Crippen LogP contribution in [0, 0.1) is 0 Å². The van der Waals surface area contributed by atoms with Crippen LogP contribution in [-0.2, 0) is 10.1 Å². The Kier molecular flexibility index (Phi) is 7.89. The molecule has 0 saturated heterocycles. The third-order valence-corrected chi connectivity index (χ3v) is 4.09. The van der Waals surface area contributed by atoms with E-state index in [0.29, 0.717) is 0 Å². The Morgan fingerprint density at radius 3 is 1.06 bits per heavy atom. The van der Waals surface area contributed by atoms with Gasteiger partial charge in [0, 0.05) is 12.4 Å². The summed E-state index contributed by atoms with van der Waals surface area (Å²) < 4.78 is 215. The van der Waals surface area contributed by atoms with Crippen molar-refractivity contribution in [3.8, 4) is 0 Å². The van der Waals surface area contributed by atoms with E-state index < -0.39 is 51.2 Å². The number of rotatable bonds is 6. The lowest BCUT2D eigenvalue weighted by Crippen LogP contribution is -2.73. The molecule has 0 spiro atoms. The molecule has 20 heteroatoms. The maximum absolute atomic E-state index is 12.9. The maximum Gasteiger partial charge on any atom is 0.460 e. The smallest absolute Gasteiger partial charge is 0.281 e. The van der Waals surface area contributed by atoms with Crippen LogP contribution in [-0.4, -0.2) is 59.0 Å². The normalized spacial score (nSPS) is 15.1. The summed E-state index contributed by atoms with van der Waals surface area (Å²) in [5, 5.41) is -7.70. The van der Waals surface area contributed by atoms with Gasteiger partial charge in [0.25, 0.3) is 0 Å². The molecular formula is C12H6F15NO3S. The van der Waals surface area contributed by atoms with Crippen molar-refractivity contribution < 1.29 is 78.8 Å². The van der Waals surface area contributed by atoms with Crippen molar-refractivity contribution in [1.82, 2.24) is 4.98 Å². The molecule has 0 bridgehead atoms. The molecule has 0 unspecified atom stereocenters. The monoisotopic (exact) mass is 529 g/mol. The number of alkyl halides is 15. The molecule has 0 saturated carbocycles. The Balaban J connectivity index is 0.00000136. The number of aromatic nitrogens is 1. The largest absolute Gasteiger partial charge is 0.460 e. The maximum atomic E-state index is 12.9. The number of hydrogen-bond donors (Lipinski definition) is 1. The van der Waals surface area contributed by atoms with E-state index in [1.165, 1.54) is 0 Å². The summed E-state index contributed by atoms with van der Waals surface area (Å²) in [6.07, 6.45) is -4.25. The molecule has 1 rings (SSSR count). The number of nitrogens with zero attached hydrogens (tertiary/aromatic N) is 1. The number of hydrogen-bond acceptors (Lipinski definition) is 3. The van der Waals surface area contributed by atoms with E-state index in [0.717, 1.165) is 0 Å². The summed E-state index contributed by atoms with van der Waals surface area (Å²) in [6, 6.07) is 5.72. The fourth-order valence-corrected chi connectivity index (χ4v) is 1.88. The quantitative estimate of drug-likeness (QED) is 0.402. The van der Waals surface area contributed by atoms with E-state index in [4.69, 9.17) is 4.55 Å². The zero-order valence-corrected chi connectivity index (χ0v) is 15.0. The SMILES string of the molecule is O=S(=O)(O)C(F)(F)C(F)(F)C(F)(F)C(F)(F)C(F)(F)C(F)(F)C(F)(F)F.c1ccncc1. The molecule has 32 heavy (non-hydrogen) atoms. The van der Waals surface area contributed by atoms with E-state index in [2.05, 4.69) is 4.98 Å². The summed E-state index contributed by atoms with van der Waals surface area (Å²) in [6.45, 7) is 0. The summed E-state index contributed by atoms with van der Waals surface area (Å²) in [5.41, 5.74) is 0. The average molecular weight is 529 g/mol. The van der Waals surface area contributed by atoms with Crippen molar-refractivity contribution in [3.05, 3.63) is 30.6 Å². The van der Waals surface area contributed by atoms with Gasteiger partial charge in [0.1, 0.15) is 0 Å². The number of halogens is 15. The summed E-state index contributed by atoms with van der Waals surface area (Å²) in [4.78, 5) is 3.78. The standard InChI is InChI=1S/C7HF15O3S.C5H5N/c8-1(9,2(10,11)4(14,15)6(18,19)20)3(12,13)5(16,17)7(21,22)26(23,24)25;1-2-4-6-5-3-1/h(H,23,24,25);1-5H. The highest BCUT2D eigenvalue weighted by molar-refractivity contribution is 7.87. The van der Waals surface area contributed by atoms with Crippen molar-refractivity contribution in [3.63, 3.8) is 0 Å². The Bertz CT molecular complexity index is 841. The van der Waals surface area contributed by atoms with Crippen LogP contribution >= 0.6 is 0 Å². The van der Waals surface area contributed by atoms with Gasteiger partial charge in [-0.05, 0) is 12.1 Å². The molecule has 0 aliphatic carbocycles. The van der Waals surface area contributed by atoms with E-state index in [9.17, 15) is 74.3 Å². The lowest BCUT2D eigenvalue weighted by Gasteiger charge is -2.40. The highest BCUT2D eigenvalue weighted by Crippen LogP contribution is 2.62. The fourth-order valence-electron chi connectivity index (χ4n) is 1.43. The van der Waals surface area contributed by atoms with Crippen LogP contribution in [0.15, 0.2) is 30.6 Å². The molecule has 0 radical (unpaired) electrons. The molecule has 0 aromatic carbocycles. The van der Waals surface area contributed by atoms with Gasteiger partial charge in [0.2, 0.25) is 0 Å². The fraction of sp³-hybridized carbons (Fsp3) is 0.583. The Labute approximate surface area is 166 Å². The van der Waals surface area contributed by atoms with Crippen molar-refractivity contribution in [2.75, 3.05) is 0 Å². The van der Waals surface area contributed by atoms with Crippen molar-refractivity contribution in [2.45, 2.75) is 41.0 Å². The number of pyridine rings is 1. The second kappa shape index (κ2) is 8.41. The van der Waals surface area contributed by atoms with Crippen LogP contribution in [0.3, 0.4) is 0 Å². The van der Waals surface area contributed by atoms with E-state index in [1.807, 2.05) is 18.2 Å². The molecule has 0 amide bonds. The van der Waals surface area contributed by atoms with Gasteiger partial charge >= 0.3 is 51.2 Å². The molecule has 1 N–H and O–H groups in total. The van der Waals surface area contributed by atoms with Crippen LogP contribution in [0.1, 0.15) is 0 Å². The third-order valence-electron chi connectivity index (χ3n) is 3.19. The van der Waals surface area contributed by atoms with Gasteiger partial charge in [-0.3, -0.25) is 9.54 Å². The highest BCUT2D eigenvalue weighted by atomic mass is 32.2. The second-order valence-electron chi connectivity index (χ2n) is 5.39. The minimum Gasteiger partial charge on any atom is -0.281 e. The van der Waals surface area contributed by atoms with Crippen LogP contribution in [0.2, 0.25) is 0 Å². The second-order valence-corrected chi connectivity index (χ2v) is 6.85. The first kappa shape index (κ1) is 30.0. The molecule has 1 aromatic rings. The Hall–Kier alpha value is -1.99. The lowest BCUT2D eigenvalue weighted by molar-refractivity contribution is -0.448. The summed E-state index contributed by atoms with van der Waals surface area (Å²) in [5.74, 6) is -42.0. The zero-order valence-electron chi connectivity index (χ0n) is 14.2. The first-order valence-corrected chi connectivity index (χ1v) is 8.34. The lowest BCUT2D eigenvalue weighted by atomic mass is 9.94. The van der Waals surface area contributed by atoms with E-state index >= 15 is 0 Å². The molecule has 1 heterocycles. The molecule has 0 aliphatic rings. The molecular weight excluding hydrogens is 523 g/mol. The first-order valence-electron chi connectivity index (χ1n) is 6.90. The van der Waals surface area contributed by atoms with Crippen molar-refractivity contribution in [2.24, 2.45) is 0 Å². The van der Waals surface area contributed by atoms with Crippen LogP contribution in [0.25, 0.3) is 0 Å². The first-order chi connectivity index (χ1) is 13.8. The van der Waals surface area contributed by atoms with Gasteiger partial charge in [0.05, 0.1) is 0 Å². The molecule has 0 fully saturated rings. The molecule has 0 aliphatic heterocycles. The topological polar surface area (TPSA) is 67.3 Å². The predicted molar refractivity (Wildman–Crippen MR) is 71.5 cm³/mol. The zero-order chi connectivity index (χ0) is 26.2. The van der Waals surface area contributed by atoms with Gasteiger partial charge in [-0.15, -0.1) is 0 Å². The average Bonchev–Trinajstić information content (AvgIpc) is 2.61. The minimum absolute atomic E-state index is 1.75. The molecule has 188 valence electrons. The Morgan fingerprint density at radius 2 is 0.844 bits per heavy atom. The predicted octanol–water partition coefficient (Wildman–Crippen LogP) is 5.29. The molecule has 4 nitrogen and oxygen atoms in total. The van der Waals surface area contributed by atoms with Gasteiger partial charge in [0.15, 0.2) is 0 Å². The van der Waals surface area contributed by atoms with Crippen molar-refractivity contribution in [1.29, 1.82) is 0 Å². The van der Waals surface area contributed by atoms with Crippen LogP contribution < -0.4 is 0 Å². The van der Waals surface area contributed by atoms with E-state index in [-0.39, 0.29) is 0 Å². The molecule has 1 aromatic heterocycles. The third kappa shape index (κ3) is 4.55. The van der Waals surface area contributed by atoms with Crippen LogP contribution in [0.4, 0.5) is 65.9 Å². The highest BCUT2D eigenvalue weighted by Gasteiger charge is 2.94. The minimum atomic E-state index is -8.60. The summed E-state index contributed by atoms with van der Waals surface area (Å²) in [7, 11) is -7.76. The summed E-state index contributed by atoms with van der Waals surface area (Å²) >= 11 is 0. The van der Waals surface area contributed by atoms with Crippen molar-refractivity contribution >= 4 is 10.1 Å². The van der Waals surface area contributed by atoms with Gasteiger partial charge in [-0.1, -0.05) is 6.07 Å². The van der Waals surface area contributed by atoms with Gasteiger partial charge in [-0.25, -0.2) is 0 Å². The van der Waals surface area contributed by atoms with E-state index in [1.54, 1.807) is 12.4 Å². The Morgan fingerprint density at radius 1 is 0.531 bits per heavy atom. The van der Waals surface area contributed by atoms with Gasteiger partial charge in [-0.2, -0.15) is 74.3 Å². The molecule has 0 atom stereocenters. The van der Waals surface area contributed by atoms with Crippen LogP contribution in [0.5, 0.6) is 0 Å².